The number of aromatic amines is 1. The van der Waals surface area contributed by atoms with Crippen molar-refractivity contribution in [3.05, 3.63) is 127 Å². The molecule has 248 valence electrons. The van der Waals surface area contributed by atoms with Gasteiger partial charge in [0.1, 0.15) is 11.3 Å². The summed E-state index contributed by atoms with van der Waals surface area (Å²) in [6.45, 7) is 0.997. The molecule has 5 aromatic carbocycles. The van der Waals surface area contributed by atoms with Crippen LogP contribution in [0.2, 0.25) is 0 Å². The van der Waals surface area contributed by atoms with Crippen LogP contribution < -0.4 is 4.84 Å². The fraction of sp³-hybridized carbons (Fsp3) is 0.0732. The van der Waals surface area contributed by atoms with Gasteiger partial charge in [-0.2, -0.15) is 0 Å². The van der Waals surface area contributed by atoms with Crippen LogP contribution in [0.5, 0.6) is 5.75 Å². The van der Waals surface area contributed by atoms with Crippen LogP contribution >= 0.6 is 0 Å². The third kappa shape index (κ3) is 4.46. The molecule has 0 saturated carbocycles. The SMILES string of the molecule is c1ccc(C2OCCO2)c(On2c3nc4nc(nc5[nH]c(nc6nc(nc2c2ccccc23)-c2ccccc2-6)c2ccccc52)-c2ccccc2-4)c1. The Morgan fingerprint density at radius 1 is 0.481 bits per heavy atom. The van der Waals surface area contributed by atoms with Gasteiger partial charge in [0.25, 0.3) is 0 Å². The van der Waals surface area contributed by atoms with E-state index in [2.05, 4.69) is 4.98 Å². The second-order valence-electron chi connectivity index (χ2n) is 12.6. The minimum atomic E-state index is -0.565. The van der Waals surface area contributed by atoms with Gasteiger partial charge >= 0.3 is 0 Å². The second-order valence-corrected chi connectivity index (χ2v) is 12.6. The first-order valence-corrected chi connectivity index (χ1v) is 17.0. The average Bonchev–Trinajstić information content (AvgIpc) is 4.02. The van der Waals surface area contributed by atoms with Crippen LogP contribution in [0.25, 0.3) is 89.7 Å². The number of hydrogen-bond acceptors (Lipinski definition) is 9. The number of hydrogen-bond donors (Lipinski definition) is 1. The summed E-state index contributed by atoms with van der Waals surface area (Å²) < 4.78 is 13.5. The molecule has 1 saturated heterocycles. The Bertz CT molecular complexity index is 2770. The minimum absolute atomic E-state index is 0.497. The number of rotatable bonds is 3. The summed E-state index contributed by atoms with van der Waals surface area (Å²) in [5.74, 6) is 2.60. The Morgan fingerprint density at radius 3 is 1.42 bits per heavy atom. The van der Waals surface area contributed by atoms with E-state index in [-0.39, 0.29) is 0 Å². The van der Waals surface area contributed by atoms with Gasteiger partial charge in [0.05, 0.1) is 18.8 Å². The summed E-state index contributed by atoms with van der Waals surface area (Å²) in [7, 11) is 0. The monoisotopic (exact) mass is 678 g/mol. The number of para-hydroxylation sites is 1. The van der Waals surface area contributed by atoms with E-state index in [9.17, 15) is 0 Å². The number of nitrogens with one attached hydrogen (secondary N) is 1. The van der Waals surface area contributed by atoms with Crippen molar-refractivity contribution in [1.82, 2.24) is 39.6 Å². The lowest BCUT2D eigenvalue weighted by atomic mass is 10.1. The lowest BCUT2D eigenvalue weighted by Gasteiger charge is -2.15. The average molecular weight is 679 g/mol. The first-order valence-electron chi connectivity index (χ1n) is 17.0. The molecule has 0 spiro atoms. The molecule has 0 aliphatic carbocycles. The van der Waals surface area contributed by atoms with Gasteiger partial charge in [-0.05, 0) is 6.07 Å². The van der Waals surface area contributed by atoms with Gasteiger partial charge in [0.15, 0.2) is 46.6 Å². The van der Waals surface area contributed by atoms with Gasteiger partial charge in [-0.15, -0.1) is 4.73 Å². The molecular weight excluding hydrogens is 653 g/mol. The van der Waals surface area contributed by atoms with Crippen molar-refractivity contribution in [3.63, 3.8) is 0 Å². The Labute approximate surface area is 295 Å². The van der Waals surface area contributed by atoms with E-state index in [1.54, 1.807) is 4.73 Å². The molecule has 3 aliphatic heterocycles. The molecule has 0 radical (unpaired) electrons. The van der Waals surface area contributed by atoms with Crippen LogP contribution in [0.4, 0.5) is 0 Å². The van der Waals surface area contributed by atoms with Gasteiger partial charge in [0.2, 0.25) is 0 Å². The normalized spacial score (nSPS) is 13.8. The number of aromatic nitrogens is 8. The summed E-state index contributed by atoms with van der Waals surface area (Å²) in [6.07, 6.45) is -0.565. The van der Waals surface area contributed by atoms with Crippen LogP contribution in [-0.2, 0) is 9.47 Å². The molecule has 0 amide bonds. The Hall–Kier alpha value is -6.82. The van der Waals surface area contributed by atoms with E-state index in [4.69, 9.17) is 44.2 Å². The second kappa shape index (κ2) is 11.4. The smallest absolute Gasteiger partial charge is 0.187 e. The number of nitrogens with zero attached hydrogens (tertiary/aromatic N) is 7. The fourth-order valence-corrected chi connectivity index (χ4v) is 7.14. The number of fused-ring (bicyclic) bond motifs is 20. The van der Waals surface area contributed by atoms with E-state index in [0.29, 0.717) is 64.8 Å². The summed E-state index contributed by atoms with van der Waals surface area (Å²) in [4.78, 5) is 41.2. The zero-order valence-electron chi connectivity index (χ0n) is 27.4. The van der Waals surface area contributed by atoms with Gasteiger partial charge < -0.3 is 19.3 Å². The van der Waals surface area contributed by atoms with Gasteiger partial charge in [0, 0.05) is 43.8 Å². The van der Waals surface area contributed by atoms with Crippen molar-refractivity contribution in [2.24, 2.45) is 0 Å². The highest BCUT2D eigenvalue weighted by Gasteiger charge is 2.26. The van der Waals surface area contributed by atoms with Crippen molar-refractivity contribution in [2.75, 3.05) is 13.2 Å². The molecule has 1 N–H and O–H groups in total. The minimum Gasteiger partial charge on any atom is -0.371 e. The molecular formula is C41H26N8O3. The molecule has 0 atom stereocenters. The highest BCUT2D eigenvalue weighted by Crippen LogP contribution is 2.38. The first-order chi connectivity index (χ1) is 25.8. The van der Waals surface area contributed by atoms with Gasteiger partial charge in [-0.1, -0.05) is 115 Å². The molecule has 8 aromatic rings. The van der Waals surface area contributed by atoms with Crippen molar-refractivity contribution in [2.45, 2.75) is 6.29 Å². The van der Waals surface area contributed by atoms with E-state index in [0.717, 1.165) is 49.4 Å². The third-order valence-corrected chi connectivity index (χ3v) is 9.55. The van der Waals surface area contributed by atoms with Crippen molar-refractivity contribution in [3.8, 4) is 51.3 Å². The summed E-state index contributed by atoms with van der Waals surface area (Å²) in [5.41, 5.74) is 6.48. The Morgan fingerprint density at radius 2 is 0.904 bits per heavy atom. The highest BCUT2D eigenvalue weighted by atomic mass is 16.7. The molecule has 1 fully saturated rings. The fourth-order valence-electron chi connectivity index (χ4n) is 7.14. The number of ether oxygens (including phenoxy) is 2. The van der Waals surface area contributed by atoms with Crippen LogP contribution in [-0.4, -0.2) is 52.8 Å². The predicted octanol–water partition coefficient (Wildman–Crippen LogP) is 8.23. The molecule has 3 aromatic heterocycles. The largest absolute Gasteiger partial charge is 0.371 e. The molecule has 52 heavy (non-hydrogen) atoms. The zero-order valence-corrected chi connectivity index (χ0v) is 27.4. The van der Waals surface area contributed by atoms with Crippen molar-refractivity contribution in [1.29, 1.82) is 0 Å². The maximum atomic E-state index is 6.87. The van der Waals surface area contributed by atoms with Crippen LogP contribution in [0, 0.1) is 0 Å². The third-order valence-electron chi connectivity index (χ3n) is 9.55. The van der Waals surface area contributed by atoms with Gasteiger partial charge in [-0.3, -0.25) is 0 Å². The molecule has 8 bridgehead atoms. The number of H-pyrrole nitrogens is 1. The summed E-state index contributed by atoms with van der Waals surface area (Å²) in [6, 6.07) is 39.7. The zero-order chi connectivity index (χ0) is 34.2. The van der Waals surface area contributed by atoms with Crippen LogP contribution in [0.15, 0.2) is 121 Å². The molecule has 6 heterocycles. The Balaban J connectivity index is 1.31. The van der Waals surface area contributed by atoms with E-state index < -0.39 is 6.29 Å². The Kier molecular flexibility index (Phi) is 6.32. The number of benzene rings is 5. The van der Waals surface area contributed by atoms with E-state index >= 15 is 0 Å². The summed E-state index contributed by atoms with van der Waals surface area (Å²) in [5, 5.41) is 3.48. The van der Waals surface area contributed by atoms with Crippen LogP contribution in [0.1, 0.15) is 11.9 Å². The summed E-state index contributed by atoms with van der Waals surface area (Å²) >= 11 is 0. The maximum Gasteiger partial charge on any atom is 0.187 e. The van der Waals surface area contributed by atoms with E-state index in [1.807, 2.05) is 121 Å². The highest BCUT2D eigenvalue weighted by molar-refractivity contribution is 6.06. The maximum absolute atomic E-state index is 6.87. The molecule has 11 heteroatoms. The van der Waals surface area contributed by atoms with Crippen molar-refractivity contribution < 1.29 is 14.3 Å². The van der Waals surface area contributed by atoms with Gasteiger partial charge in [-0.25, -0.2) is 29.9 Å². The predicted molar refractivity (Wildman–Crippen MR) is 197 cm³/mol. The molecule has 0 unspecified atom stereocenters. The topological polar surface area (TPSA) is 126 Å². The lowest BCUT2D eigenvalue weighted by molar-refractivity contribution is -0.0463. The van der Waals surface area contributed by atoms with E-state index in [1.165, 1.54) is 0 Å². The van der Waals surface area contributed by atoms with Crippen LogP contribution in [0.3, 0.4) is 0 Å². The van der Waals surface area contributed by atoms with Crippen molar-refractivity contribution >= 4 is 44.1 Å². The first kappa shape index (κ1) is 29.0. The quantitative estimate of drug-likeness (QED) is 0.197. The standard InChI is InChI=1S/C41H26N8O3/c1-2-12-24-23(11-1)33-42-34(24)44-36-26-14-4-6-16-28(26)38(46-36)48-40-30-18-8-7-17-29(30)39(47-37-27-15-5-3-13-25(27)35(43-33)45-37)49(40)52-32-20-10-9-19-31(32)41-50-21-22-51-41/h1-20,41H,21-22H2,(H,42,43,44,45,46,47,48). The molecule has 3 aliphatic rings. The molecule has 11 nitrogen and oxygen atoms in total. The lowest BCUT2D eigenvalue weighted by Crippen LogP contribution is -2.10. The molecule has 11 rings (SSSR count).